The summed E-state index contributed by atoms with van der Waals surface area (Å²) in [6, 6.07) is 0. The predicted molar refractivity (Wildman–Crippen MR) is 44.9 cm³/mol. The molecule has 0 atom stereocenters. The number of hydrogen-bond acceptors (Lipinski definition) is 2. The molecule has 11 heavy (non-hydrogen) atoms. The molecule has 0 rings (SSSR count). The van der Waals surface area contributed by atoms with Crippen molar-refractivity contribution in [2.24, 2.45) is 0 Å². The number of aliphatic hydroxyl groups is 2. The highest BCUT2D eigenvalue weighted by molar-refractivity contribution is 4.64. The van der Waals surface area contributed by atoms with E-state index in [1.165, 1.54) is 0 Å². The number of rotatable bonds is 5. The normalized spacial score (nSPS) is 12.1. The monoisotopic (exact) mass is 160 g/mol. The first kappa shape index (κ1) is 10.6. The zero-order valence-corrected chi connectivity index (χ0v) is 7.32. The molecule has 0 saturated carbocycles. The van der Waals surface area contributed by atoms with E-state index in [0.29, 0.717) is 6.42 Å². The van der Waals surface area contributed by atoms with E-state index in [4.69, 9.17) is 10.2 Å². The second-order valence-electron chi connectivity index (χ2n) is 3.40. The zero-order chi connectivity index (χ0) is 8.91. The molecule has 0 aromatic heterocycles. The van der Waals surface area contributed by atoms with Gasteiger partial charge in [0.1, 0.15) is 0 Å². The summed E-state index contributed by atoms with van der Waals surface area (Å²) in [5.74, 6) is 0. The van der Waals surface area contributed by atoms with Crippen LogP contribution < -0.4 is 0 Å². The third-order valence-electron chi connectivity index (χ3n) is 1.62. The molecule has 0 aromatic rings. The first-order chi connectivity index (χ1) is 4.98. The van der Waals surface area contributed by atoms with Gasteiger partial charge in [-0.3, -0.25) is 0 Å². The highest BCUT2D eigenvalue weighted by Crippen LogP contribution is 2.00. The summed E-state index contributed by atoms with van der Waals surface area (Å²) in [4.78, 5) is 0. The summed E-state index contributed by atoms with van der Waals surface area (Å²) < 4.78 is 0.751. The maximum Gasteiger partial charge on any atom is 0.156 e. The van der Waals surface area contributed by atoms with Gasteiger partial charge in [0.25, 0.3) is 0 Å². The van der Waals surface area contributed by atoms with Crippen molar-refractivity contribution in [3.63, 3.8) is 0 Å². The van der Waals surface area contributed by atoms with Gasteiger partial charge in [0, 0.05) is 6.42 Å². The van der Waals surface area contributed by atoms with E-state index in [-0.39, 0.29) is 0 Å². The lowest BCUT2D eigenvalue weighted by Gasteiger charge is -2.28. The van der Waals surface area contributed by atoms with E-state index in [1.807, 2.05) is 20.2 Å². The van der Waals surface area contributed by atoms with E-state index in [0.717, 1.165) is 17.6 Å². The Morgan fingerprint density at radius 2 is 2.00 bits per heavy atom. The molecule has 0 aromatic carbocycles. The molecule has 0 unspecified atom stereocenters. The van der Waals surface area contributed by atoms with Crippen molar-refractivity contribution in [3.05, 3.63) is 12.7 Å². The molecule has 0 spiro atoms. The van der Waals surface area contributed by atoms with Crippen LogP contribution in [0, 0.1) is 0 Å². The minimum atomic E-state index is -1.18. The largest absolute Gasteiger partial charge is 0.368 e. The minimum Gasteiger partial charge on any atom is -0.368 e. The van der Waals surface area contributed by atoms with Crippen LogP contribution in [0.2, 0.25) is 0 Å². The van der Waals surface area contributed by atoms with Crippen molar-refractivity contribution in [1.29, 1.82) is 0 Å². The first-order valence-corrected chi connectivity index (χ1v) is 3.77. The standard InChI is InChI=1S/C8H18NO2/c1-4-6-9(2,3)7-5-8(10)11/h4,8,10-11H,1,5-7H2,2-3H3/q+1. The Morgan fingerprint density at radius 1 is 1.45 bits per heavy atom. The molecule has 0 heterocycles. The van der Waals surface area contributed by atoms with Crippen molar-refractivity contribution in [1.82, 2.24) is 0 Å². The Morgan fingerprint density at radius 3 is 2.36 bits per heavy atom. The molecular formula is C8H18NO2+. The Kier molecular flexibility index (Phi) is 4.33. The van der Waals surface area contributed by atoms with Crippen LogP contribution in [0.3, 0.4) is 0 Å². The zero-order valence-electron chi connectivity index (χ0n) is 7.32. The third kappa shape index (κ3) is 6.04. The topological polar surface area (TPSA) is 40.5 Å². The lowest BCUT2D eigenvalue weighted by molar-refractivity contribution is -0.885. The average molecular weight is 160 g/mol. The summed E-state index contributed by atoms with van der Waals surface area (Å²) in [7, 11) is 4.06. The van der Waals surface area contributed by atoms with Gasteiger partial charge < -0.3 is 14.7 Å². The molecule has 3 heteroatoms. The van der Waals surface area contributed by atoms with Crippen LogP contribution in [0.25, 0.3) is 0 Å². The third-order valence-corrected chi connectivity index (χ3v) is 1.62. The summed E-state index contributed by atoms with van der Waals surface area (Å²) in [5, 5.41) is 17.2. The molecular weight excluding hydrogens is 142 g/mol. The van der Waals surface area contributed by atoms with Crippen molar-refractivity contribution < 1.29 is 14.7 Å². The molecule has 3 nitrogen and oxygen atoms in total. The molecule has 0 saturated heterocycles. The van der Waals surface area contributed by atoms with Gasteiger partial charge in [-0.25, -0.2) is 0 Å². The lowest BCUT2D eigenvalue weighted by Crippen LogP contribution is -2.41. The molecule has 0 radical (unpaired) electrons. The van der Waals surface area contributed by atoms with E-state index < -0.39 is 6.29 Å². The van der Waals surface area contributed by atoms with Crippen LogP contribution in [-0.4, -0.2) is 48.2 Å². The van der Waals surface area contributed by atoms with Gasteiger partial charge in [-0.2, -0.15) is 0 Å². The number of likely N-dealkylation sites (N-methyl/N-ethyl adjacent to an activating group) is 1. The van der Waals surface area contributed by atoms with Gasteiger partial charge in [-0.1, -0.05) is 6.58 Å². The smallest absolute Gasteiger partial charge is 0.156 e. The molecule has 0 fully saturated rings. The Labute approximate surface area is 68.2 Å². The lowest BCUT2D eigenvalue weighted by atomic mass is 10.3. The SMILES string of the molecule is C=CC[N+](C)(C)CCC(O)O. The number of hydrogen-bond donors (Lipinski definition) is 2. The summed E-state index contributed by atoms with van der Waals surface area (Å²) in [5.41, 5.74) is 0. The number of nitrogens with zero attached hydrogens (tertiary/aromatic N) is 1. The van der Waals surface area contributed by atoms with E-state index in [9.17, 15) is 0 Å². The van der Waals surface area contributed by atoms with Crippen LogP contribution in [0.1, 0.15) is 6.42 Å². The van der Waals surface area contributed by atoms with Crippen molar-refractivity contribution in [2.45, 2.75) is 12.7 Å². The fourth-order valence-electron chi connectivity index (χ4n) is 0.906. The van der Waals surface area contributed by atoms with Crippen LogP contribution in [-0.2, 0) is 0 Å². The number of quaternary nitrogens is 1. The highest BCUT2D eigenvalue weighted by Gasteiger charge is 2.13. The maximum atomic E-state index is 8.60. The molecule has 0 aliphatic carbocycles. The average Bonchev–Trinajstić information content (AvgIpc) is 1.84. The molecule has 0 amide bonds. The Balaban J connectivity index is 3.62. The van der Waals surface area contributed by atoms with Gasteiger partial charge in [0.2, 0.25) is 0 Å². The Bertz CT molecular complexity index is 121. The fraction of sp³-hybridized carbons (Fsp3) is 0.750. The quantitative estimate of drug-likeness (QED) is 0.336. The second kappa shape index (κ2) is 4.49. The van der Waals surface area contributed by atoms with Crippen molar-refractivity contribution in [3.8, 4) is 0 Å². The van der Waals surface area contributed by atoms with E-state index >= 15 is 0 Å². The van der Waals surface area contributed by atoms with Crippen molar-refractivity contribution >= 4 is 0 Å². The minimum absolute atomic E-state index is 0.418. The molecule has 0 bridgehead atoms. The fourth-order valence-corrected chi connectivity index (χ4v) is 0.906. The van der Waals surface area contributed by atoms with Crippen molar-refractivity contribution in [2.75, 3.05) is 27.2 Å². The van der Waals surface area contributed by atoms with E-state index in [2.05, 4.69) is 6.58 Å². The van der Waals surface area contributed by atoms with Crippen LogP contribution in [0.15, 0.2) is 12.7 Å². The van der Waals surface area contributed by atoms with Crippen LogP contribution in [0.5, 0.6) is 0 Å². The van der Waals surface area contributed by atoms with Gasteiger partial charge >= 0.3 is 0 Å². The Hall–Kier alpha value is -0.380. The van der Waals surface area contributed by atoms with Gasteiger partial charge in [-0.15, -0.1) is 0 Å². The molecule has 0 aliphatic rings. The molecule has 2 N–H and O–H groups in total. The summed E-state index contributed by atoms with van der Waals surface area (Å²) in [6.45, 7) is 5.24. The molecule has 0 aliphatic heterocycles. The van der Waals surface area contributed by atoms with E-state index in [1.54, 1.807) is 0 Å². The number of aliphatic hydroxyl groups excluding tert-OH is 1. The predicted octanol–water partition coefficient (Wildman–Crippen LogP) is -0.0504. The summed E-state index contributed by atoms with van der Waals surface area (Å²) >= 11 is 0. The van der Waals surface area contributed by atoms with Gasteiger partial charge in [0.05, 0.1) is 27.2 Å². The van der Waals surface area contributed by atoms with Crippen LogP contribution in [0.4, 0.5) is 0 Å². The highest BCUT2D eigenvalue weighted by atomic mass is 16.5. The van der Waals surface area contributed by atoms with Gasteiger partial charge in [0.15, 0.2) is 6.29 Å². The maximum absolute atomic E-state index is 8.60. The summed E-state index contributed by atoms with van der Waals surface area (Å²) in [6.07, 6.45) is 1.07. The molecule has 66 valence electrons. The first-order valence-electron chi connectivity index (χ1n) is 3.77. The van der Waals surface area contributed by atoms with Gasteiger partial charge in [-0.05, 0) is 6.08 Å². The van der Waals surface area contributed by atoms with Crippen LogP contribution >= 0.6 is 0 Å². The second-order valence-corrected chi connectivity index (χ2v) is 3.40.